The molecule has 0 aliphatic rings. The highest BCUT2D eigenvalue weighted by molar-refractivity contribution is 14.1. The highest BCUT2D eigenvalue weighted by Crippen LogP contribution is 1.98. The van der Waals surface area contributed by atoms with Crippen molar-refractivity contribution in [1.82, 2.24) is 15.3 Å². The van der Waals surface area contributed by atoms with Crippen LogP contribution in [-0.4, -0.2) is 36.8 Å². The normalized spacial score (nSPS) is 11.8. The lowest BCUT2D eigenvalue weighted by molar-refractivity contribution is -0.143. The molecule has 1 unspecified atom stereocenters. The molecule has 0 aliphatic heterocycles. The molecule has 3 N–H and O–H groups in total. The van der Waals surface area contributed by atoms with Crippen LogP contribution >= 0.6 is 22.6 Å². The van der Waals surface area contributed by atoms with E-state index >= 15 is 0 Å². The number of imidazole rings is 1. The van der Waals surface area contributed by atoms with Crippen LogP contribution in [0.1, 0.15) is 5.69 Å². The molecule has 0 spiro atoms. The lowest BCUT2D eigenvalue weighted by atomic mass is 10.2. The third-order valence-corrected chi connectivity index (χ3v) is 2.31. The Morgan fingerprint density at radius 1 is 1.56 bits per heavy atom. The van der Waals surface area contributed by atoms with Crippen LogP contribution in [0, 0.1) is 0 Å². The van der Waals surface area contributed by atoms with Gasteiger partial charge in [0.1, 0.15) is 0 Å². The van der Waals surface area contributed by atoms with Gasteiger partial charge in [-0.2, -0.15) is 0 Å². The van der Waals surface area contributed by atoms with Crippen molar-refractivity contribution in [3.63, 3.8) is 0 Å². The van der Waals surface area contributed by atoms with Crippen molar-refractivity contribution in [3.8, 4) is 0 Å². The summed E-state index contributed by atoms with van der Waals surface area (Å²) in [6.45, 7) is 0. The van der Waals surface area contributed by atoms with Gasteiger partial charge in [0, 0.05) is 34.5 Å². The molecule has 7 nitrogen and oxygen atoms in total. The zero-order chi connectivity index (χ0) is 12.1. The van der Waals surface area contributed by atoms with Gasteiger partial charge in [0.15, 0.2) is 6.04 Å². The fourth-order valence-corrected chi connectivity index (χ4v) is 1.40. The second-order valence-corrected chi connectivity index (χ2v) is 3.96. The van der Waals surface area contributed by atoms with E-state index in [4.69, 9.17) is 5.11 Å². The first-order chi connectivity index (χ1) is 7.50. The van der Waals surface area contributed by atoms with E-state index < -0.39 is 21.7 Å². The van der Waals surface area contributed by atoms with Crippen LogP contribution in [0.3, 0.4) is 0 Å². The number of hydrogen-bond acceptors (Lipinski definition) is 4. The Morgan fingerprint density at radius 2 is 2.25 bits per heavy atom. The molecule has 1 rings (SSSR count). The molecule has 0 aromatic carbocycles. The summed E-state index contributed by atoms with van der Waals surface area (Å²) < 4.78 is -0.650. The third kappa shape index (κ3) is 3.61. The highest BCUT2D eigenvalue weighted by atomic mass is 127. The number of rotatable bonds is 5. The minimum atomic E-state index is -1.50. The van der Waals surface area contributed by atoms with E-state index in [2.05, 4.69) is 15.3 Å². The van der Waals surface area contributed by atoms with Gasteiger partial charge < -0.3 is 15.4 Å². The van der Waals surface area contributed by atoms with Gasteiger partial charge in [-0.3, -0.25) is 9.59 Å². The Bertz CT molecular complexity index is 389. The summed E-state index contributed by atoms with van der Waals surface area (Å²) in [5.41, 5.74) is 0.544. The number of nitrogens with zero attached hydrogens (tertiary/aromatic N) is 1. The number of nitrogens with one attached hydrogen (secondary N) is 2. The largest absolute Gasteiger partial charge is 0.479 e. The molecular weight excluding hydrogens is 329 g/mol. The molecule has 0 bridgehead atoms. The van der Waals surface area contributed by atoms with Gasteiger partial charge in [-0.15, -0.1) is 0 Å². The maximum absolute atomic E-state index is 11.4. The monoisotopic (exact) mass is 337 g/mol. The summed E-state index contributed by atoms with van der Waals surface area (Å²) in [7, 11) is 0. The van der Waals surface area contributed by atoms with Crippen molar-refractivity contribution in [2.75, 3.05) is 0 Å². The minimum absolute atomic E-state index is 0.0479. The molecule has 16 heavy (non-hydrogen) atoms. The maximum Gasteiger partial charge on any atom is 0.334 e. The number of aliphatic carboxylic acids is 1. The van der Waals surface area contributed by atoms with Crippen molar-refractivity contribution in [2.45, 2.75) is 12.5 Å². The predicted molar refractivity (Wildman–Crippen MR) is 60.9 cm³/mol. The summed E-state index contributed by atoms with van der Waals surface area (Å²) in [4.78, 5) is 39.3. The second-order valence-electron chi connectivity index (χ2n) is 2.90. The lowest BCUT2D eigenvalue weighted by Crippen LogP contribution is -2.45. The predicted octanol–water partition coefficient (Wildman–Crippen LogP) is -0.517. The summed E-state index contributed by atoms with van der Waals surface area (Å²) in [6, 6.07) is -1.50. The summed E-state index contributed by atoms with van der Waals surface area (Å²) in [5, 5.41) is 10.8. The molecule has 1 aromatic heterocycles. The Morgan fingerprint density at radius 3 is 2.69 bits per heavy atom. The average Bonchev–Trinajstić information content (AvgIpc) is 2.65. The number of aromatic nitrogens is 2. The third-order valence-electron chi connectivity index (χ3n) is 1.69. The number of hydrogen-bond donors (Lipinski definition) is 3. The van der Waals surface area contributed by atoms with Crippen molar-refractivity contribution in [1.29, 1.82) is 0 Å². The van der Waals surface area contributed by atoms with Gasteiger partial charge in [-0.1, -0.05) is 0 Å². The maximum atomic E-state index is 11.4. The van der Waals surface area contributed by atoms with Crippen LogP contribution in [0.25, 0.3) is 0 Å². The zero-order valence-corrected chi connectivity index (χ0v) is 10.1. The number of carbonyl (C=O) groups excluding carboxylic acids is 2. The molecule has 0 saturated heterocycles. The van der Waals surface area contributed by atoms with Gasteiger partial charge in [-0.25, -0.2) is 9.78 Å². The first kappa shape index (κ1) is 12.6. The van der Waals surface area contributed by atoms with E-state index in [1.54, 1.807) is 0 Å². The molecule has 0 radical (unpaired) electrons. The minimum Gasteiger partial charge on any atom is -0.479 e. The molecule has 86 valence electrons. The topological polar surface area (TPSA) is 112 Å². The fraction of sp³-hybridized carbons (Fsp3) is 0.250. The van der Waals surface area contributed by atoms with Gasteiger partial charge in [0.2, 0.25) is 9.70 Å². The van der Waals surface area contributed by atoms with Crippen molar-refractivity contribution >= 4 is 38.3 Å². The summed E-state index contributed by atoms with van der Waals surface area (Å²) in [6.07, 6.45) is 2.80. The number of carboxylic acid groups (broad SMARTS) is 1. The Balaban J connectivity index is 2.56. The molecule has 1 heterocycles. The molecule has 1 amide bonds. The van der Waals surface area contributed by atoms with E-state index in [0.29, 0.717) is 5.69 Å². The van der Waals surface area contributed by atoms with Crippen LogP contribution < -0.4 is 5.32 Å². The van der Waals surface area contributed by atoms with Crippen LogP contribution in [0.5, 0.6) is 0 Å². The van der Waals surface area contributed by atoms with Crippen molar-refractivity contribution in [2.24, 2.45) is 0 Å². The zero-order valence-electron chi connectivity index (χ0n) is 7.94. The number of H-pyrrole nitrogens is 1. The van der Waals surface area contributed by atoms with Crippen LogP contribution in [0.2, 0.25) is 0 Å². The molecule has 8 heteroatoms. The van der Waals surface area contributed by atoms with Crippen LogP contribution in [0.4, 0.5) is 0 Å². The Hall–Kier alpha value is -1.45. The number of carboxylic acids is 1. The fourth-order valence-electron chi connectivity index (χ4n) is 0.982. The molecule has 0 fully saturated rings. The van der Waals surface area contributed by atoms with E-state index in [1.165, 1.54) is 35.1 Å². The van der Waals surface area contributed by atoms with Gasteiger partial charge >= 0.3 is 5.97 Å². The van der Waals surface area contributed by atoms with Crippen LogP contribution in [-0.2, 0) is 20.8 Å². The van der Waals surface area contributed by atoms with E-state index in [0.717, 1.165) is 0 Å². The van der Waals surface area contributed by atoms with Gasteiger partial charge in [0.25, 0.3) is 0 Å². The first-order valence-electron chi connectivity index (χ1n) is 4.19. The lowest BCUT2D eigenvalue weighted by Gasteiger charge is -2.09. The average molecular weight is 337 g/mol. The van der Waals surface area contributed by atoms with Crippen molar-refractivity contribution in [3.05, 3.63) is 18.2 Å². The Kier molecular flexibility index (Phi) is 4.40. The van der Waals surface area contributed by atoms with Crippen molar-refractivity contribution < 1.29 is 19.5 Å². The second kappa shape index (κ2) is 5.58. The molecule has 1 atom stereocenters. The molecule has 0 aliphatic carbocycles. The first-order valence-corrected chi connectivity index (χ1v) is 5.27. The number of halogens is 1. The van der Waals surface area contributed by atoms with E-state index in [1.807, 2.05) is 0 Å². The number of aromatic amines is 1. The smallest absolute Gasteiger partial charge is 0.334 e. The molecule has 1 aromatic rings. The summed E-state index contributed by atoms with van der Waals surface area (Å²) in [5.74, 6) is -1.93. The standard InChI is InChI=1S/C8H8IN3O4/c9-7(14)6(8(15)16)12-5(13)1-4-2-10-3-11-4/h2-3,6H,1H2,(H,10,11)(H,12,13)(H,15,16). The van der Waals surface area contributed by atoms with Gasteiger partial charge in [-0.05, 0) is 0 Å². The molecule has 0 saturated carbocycles. The SMILES string of the molecule is O=C(Cc1cnc[nH]1)NC(C(=O)O)C(=O)I. The van der Waals surface area contributed by atoms with E-state index in [9.17, 15) is 14.4 Å². The highest BCUT2D eigenvalue weighted by Gasteiger charge is 2.25. The number of carbonyl (C=O) groups is 3. The quantitative estimate of drug-likeness (QED) is 0.380. The molecular formula is C8H8IN3O4. The van der Waals surface area contributed by atoms with E-state index in [-0.39, 0.29) is 6.42 Å². The van der Waals surface area contributed by atoms with Crippen LogP contribution in [0.15, 0.2) is 12.5 Å². The van der Waals surface area contributed by atoms with Gasteiger partial charge in [0.05, 0.1) is 12.7 Å². The Labute approximate surface area is 104 Å². The number of amides is 1. The summed E-state index contributed by atoms with van der Waals surface area (Å²) >= 11 is 1.33.